The van der Waals surface area contributed by atoms with E-state index >= 15 is 0 Å². The Morgan fingerprint density at radius 1 is 1.19 bits per heavy atom. The highest BCUT2D eigenvalue weighted by atomic mass is 79.9. The van der Waals surface area contributed by atoms with Crippen LogP contribution in [0.2, 0.25) is 0 Å². The monoisotopic (exact) mass is 275 g/mol. The van der Waals surface area contributed by atoms with Crippen molar-refractivity contribution in [2.24, 2.45) is 0 Å². The van der Waals surface area contributed by atoms with Crippen molar-refractivity contribution in [1.29, 1.82) is 0 Å². The second kappa shape index (κ2) is 3.68. The van der Waals surface area contributed by atoms with Gasteiger partial charge < -0.3 is 4.42 Å². The third-order valence-corrected chi connectivity index (χ3v) is 2.79. The second-order valence-electron chi connectivity index (χ2n) is 3.26. The van der Waals surface area contributed by atoms with Gasteiger partial charge in [-0.15, -0.1) is 10.2 Å². The lowest BCUT2D eigenvalue weighted by Crippen LogP contribution is -1.84. The zero-order valence-electron chi connectivity index (χ0n) is 8.09. The molecule has 1 aromatic carbocycles. The largest absolute Gasteiger partial charge is 0.423 e. The van der Waals surface area contributed by atoms with Crippen LogP contribution < -0.4 is 0 Å². The maximum atomic E-state index is 5.20. The van der Waals surface area contributed by atoms with Crippen molar-refractivity contribution >= 4 is 26.8 Å². The van der Waals surface area contributed by atoms with E-state index in [-0.39, 0.29) is 0 Å². The molecule has 78 valence electrons. The quantitative estimate of drug-likeness (QED) is 0.685. The molecule has 0 saturated carbocycles. The maximum absolute atomic E-state index is 5.20. The highest BCUT2D eigenvalue weighted by molar-refractivity contribution is 9.10. The van der Waals surface area contributed by atoms with E-state index < -0.39 is 0 Å². The van der Waals surface area contributed by atoms with Gasteiger partial charge in [-0.25, -0.2) is 0 Å². The predicted octanol–water partition coefficient (Wildman–Crippen LogP) is 3.05. The molecule has 0 spiro atoms. The number of nitrogens with zero attached hydrogens (tertiary/aromatic N) is 3. The van der Waals surface area contributed by atoms with Gasteiger partial charge in [0.25, 0.3) is 0 Å². The van der Waals surface area contributed by atoms with Crippen LogP contribution in [-0.4, -0.2) is 15.2 Å². The minimum atomic E-state index is 0.509. The molecule has 3 rings (SSSR count). The minimum absolute atomic E-state index is 0.509. The molecule has 2 aromatic heterocycles. The summed E-state index contributed by atoms with van der Waals surface area (Å²) in [6, 6.07) is 7.76. The topological polar surface area (TPSA) is 51.8 Å². The molecular weight excluding hydrogens is 270 g/mol. The van der Waals surface area contributed by atoms with Gasteiger partial charge in [-0.05, 0) is 18.2 Å². The van der Waals surface area contributed by atoms with Crippen LogP contribution in [0.15, 0.2) is 45.7 Å². The number of halogens is 1. The number of hydrogen-bond donors (Lipinski definition) is 0. The van der Waals surface area contributed by atoms with Crippen molar-refractivity contribution in [3.05, 3.63) is 41.3 Å². The molecule has 5 heteroatoms. The molecule has 0 bridgehead atoms. The number of pyridine rings is 1. The van der Waals surface area contributed by atoms with Crippen LogP contribution in [0.3, 0.4) is 0 Å². The van der Waals surface area contributed by atoms with Crippen molar-refractivity contribution in [1.82, 2.24) is 15.2 Å². The summed E-state index contributed by atoms with van der Waals surface area (Å²) >= 11 is 3.41. The number of aromatic nitrogens is 3. The molecule has 0 aliphatic heterocycles. The fraction of sp³-hybridized carbons (Fsp3) is 0. The fourth-order valence-corrected chi connectivity index (χ4v) is 1.95. The average molecular weight is 276 g/mol. The van der Waals surface area contributed by atoms with E-state index in [9.17, 15) is 0 Å². The highest BCUT2D eigenvalue weighted by Crippen LogP contribution is 2.27. The molecule has 0 aliphatic carbocycles. The predicted molar refractivity (Wildman–Crippen MR) is 62.7 cm³/mol. The van der Waals surface area contributed by atoms with Gasteiger partial charge in [0.05, 0.1) is 5.52 Å². The lowest BCUT2D eigenvalue weighted by atomic mass is 10.1. The van der Waals surface area contributed by atoms with Crippen LogP contribution in [0, 0.1) is 0 Å². The standard InChI is InChI=1S/C11H6BrN3O/c12-7-1-2-8-9(11-15-14-6-16-11)3-4-13-10(8)5-7/h1-6H. The Balaban J connectivity index is 2.34. The van der Waals surface area contributed by atoms with Crippen molar-refractivity contribution in [3.8, 4) is 11.5 Å². The van der Waals surface area contributed by atoms with Crippen molar-refractivity contribution in [2.45, 2.75) is 0 Å². The van der Waals surface area contributed by atoms with Crippen LogP contribution in [0.5, 0.6) is 0 Å². The Morgan fingerprint density at radius 2 is 2.12 bits per heavy atom. The van der Waals surface area contributed by atoms with Crippen LogP contribution in [-0.2, 0) is 0 Å². The van der Waals surface area contributed by atoms with Gasteiger partial charge in [0.1, 0.15) is 0 Å². The minimum Gasteiger partial charge on any atom is -0.423 e. The second-order valence-corrected chi connectivity index (χ2v) is 4.18. The first-order valence-corrected chi connectivity index (χ1v) is 5.45. The Bertz CT molecular complexity index is 637. The van der Waals surface area contributed by atoms with Crippen molar-refractivity contribution in [3.63, 3.8) is 0 Å². The summed E-state index contributed by atoms with van der Waals surface area (Å²) in [5, 5.41) is 8.57. The Labute approximate surface area is 99.5 Å². The molecule has 0 radical (unpaired) electrons. The van der Waals surface area contributed by atoms with Gasteiger partial charge in [0, 0.05) is 21.6 Å². The van der Waals surface area contributed by atoms with Gasteiger partial charge in [-0.3, -0.25) is 4.98 Å². The molecule has 16 heavy (non-hydrogen) atoms. The summed E-state index contributed by atoms with van der Waals surface area (Å²) in [5.74, 6) is 0.509. The van der Waals surface area contributed by atoms with E-state index in [0.29, 0.717) is 5.89 Å². The number of benzene rings is 1. The maximum Gasteiger partial charge on any atom is 0.248 e. The third-order valence-electron chi connectivity index (χ3n) is 2.30. The lowest BCUT2D eigenvalue weighted by molar-refractivity contribution is 0.569. The van der Waals surface area contributed by atoms with Crippen LogP contribution in [0.1, 0.15) is 0 Å². The van der Waals surface area contributed by atoms with Gasteiger partial charge in [-0.1, -0.05) is 22.0 Å². The normalized spacial score (nSPS) is 10.8. The number of rotatable bonds is 1. The summed E-state index contributed by atoms with van der Waals surface area (Å²) in [4.78, 5) is 4.29. The highest BCUT2D eigenvalue weighted by Gasteiger charge is 2.08. The van der Waals surface area contributed by atoms with E-state index in [4.69, 9.17) is 4.42 Å². The summed E-state index contributed by atoms with van der Waals surface area (Å²) in [6.07, 6.45) is 3.05. The molecule has 0 atom stereocenters. The molecule has 0 fully saturated rings. The summed E-state index contributed by atoms with van der Waals surface area (Å²) in [6.45, 7) is 0. The molecule has 0 amide bonds. The molecule has 0 unspecified atom stereocenters. The lowest BCUT2D eigenvalue weighted by Gasteiger charge is -2.01. The van der Waals surface area contributed by atoms with Crippen molar-refractivity contribution in [2.75, 3.05) is 0 Å². The van der Waals surface area contributed by atoms with Crippen molar-refractivity contribution < 1.29 is 4.42 Å². The number of hydrogen-bond acceptors (Lipinski definition) is 4. The van der Waals surface area contributed by atoms with Crippen LogP contribution in [0.4, 0.5) is 0 Å². The zero-order chi connectivity index (χ0) is 11.0. The smallest absolute Gasteiger partial charge is 0.248 e. The van der Waals surface area contributed by atoms with E-state index in [2.05, 4.69) is 31.1 Å². The Kier molecular flexibility index (Phi) is 2.18. The van der Waals surface area contributed by atoms with E-state index in [1.165, 1.54) is 6.39 Å². The zero-order valence-corrected chi connectivity index (χ0v) is 9.68. The molecule has 4 nitrogen and oxygen atoms in total. The van der Waals surface area contributed by atoms with Gasteiger partial charge in [0.15, 0.2) is 0 Å². The molecule has 2 heterocycles. The Morgan fingerprint density at radius 3 is 2.94 bits per heavy atom. The first kappa shape index (κ1) is 9.47. The van der Waals surface area contributed by atoms with E-state index in [0.717, 1.165) is 20.9 Å². The van der Waals surface area contributed by atoms with Crippen LogP contribution >= 0.6 is 15.9 Å². The average Bonchev–Trinajstić information content (AvgIpc) is 2.81. The molecule has 0 N–H and O–H groups in total. The first-order valence-electron chi connectivity index (χ1n) is 4.65. The molecular formula is C11H6BrN3O. The van der Waals surface area contributed by atoms with Gasteiger partial charge in [-0.2, -0.15) is 0 Å². The molecule has 3 aromatic rings. The number of fused-ring (bicyclic) bond motifs is 1. The fourth-order valence-electron chi connectivity index (χ4n) is 1.60. The molecule has 0 saturated heterocycles. The van der Waals surface area contributed by atoms with Crippen LogP contribution in [0.25, 0.3) is 22.4 Å². The summed E-state index contributed by atoms with van der Waals surface area (Å²) < 4.78 is 6.19. The first-order chi connectivity index (χ1) is 7.84. The molecule has 0 aliphatic rings. The summed E-state index contributed by atoms with van der Waals surface area (Å²) in [7, 11) is 0. The van der Waals surface area contributed by atoms with E-state index in [1.54, 1.807) is 6.20 Å². The third kappa shape index (κ3) is 1.49. The van der Waals surface area contributed by atoms with Gasteiger partial charge in [0.2, 0.25) is 12.3 Å². The van der Waals surface area contributed by atoms with Gasteiger partial charge >= 0.3 is 0 Å². The van der Waals surface area contributed by atoms with E-state index in [1.807, 2.05) is 24.3 Å². The summed E-state index contributed by atoms with van der Waals surface area (Å²) in [5.41, 5.74) is 1.79. The Hall–Kier alpha value is -1.75. The SMILES string of the molecule is Brc1ccc2c(-c3nnco3)ccnc2c1.